The molecule has 1 fully saturated rings. The summed E-state index contributed by atoms with van der Waals surface area (Å²) >= 11 is 0. The van der Waals surface area contributed by atoms with Gasteiger partial charge < -0.3 is 15.2 Å². The second-order valence-corrected chi connectivity index (χ2v) is 7.64. The molecule has 3 atom stereocenters. The summed E-state index contributed by atoms with van der Waals surface area (Å²) < 4.78 is 0. The SMILES string of the molecule is C[C@@H]1C[C@H](C)CN(C[C@H](C)NC(=O)c2cc3ccccc3c(=O)[nH]2)C1. The smallest absolute Gasteiger partial charge is 0.268 e. The second kappa shape index (κ2) is 7.40. The third-order valence-electron chi connectivity index (χ3n) is 4.85. The average Bonchev–Trinajstić information content (AvgIpc) is 2.53. The molecule has 5 nitrogen and oxygen atoms in total. The highest BCUT2D eigenvalue weighted by Gasteiger charge is 2.23. The number of carbonyl (C=O) groups excluding carboxylic acids is 1. The number of pyridine rings is 1. The van der Waals surface area contributed by atoms with Gasteiger partial charge >= 0.3 is 0 Å². The summed E-state index contributed by atoms with van der Waals surface area (Å²) in [4.78, 5) is 29.8. The summed E-state index contributed by atoms with van der Waals surface area (Å²) in [6.07, 6.45) is 1.27. The van der Waals surface area contributed by atoms with Crippen molar-refractivity contribution < 1.29 is 4.79 Å². The fourth-order valence-electron chi connectivity index (χ4n) is 4.01. The summed E-state index contributed by atoms with van der Waals surface area (Å²) in [5.41, 5.74) is 0.0884. The van der Waals surface area contributed by atoms with E-state index in [9.17, 15) is 9.59 Å². The van der Waals surface area contributed by atoms with Crippen molar-refractivity contribution in [3.05, 3.63) is 46.4 Å². The normalized spacial score (nSPS) is 22.7. The molecule has 1 aromatic carbocycles. The van der Waals surface area contributed by atoms with Crippen molar-refractivity contribution in [2.24, 2.45) is 11.8 Å². The number of fused-ring (bicyclic) bond motifs is 1. The second-order valence-electron chi connectivity index (χ2n) is 7.64. The molecular weight excluding hydrogens is 314 g/mol. The van der Waals surface area contributed by atoms with Crippen LogP contribution in [-0.2, 0) is 0 Å². The first-order valence-electron chi connectivity index (χ1n) is 9.07. The summed E-state index contributed by atoms with van der Waals surface area (Å²) in [6, 6.07) is 9.06. The Kier molecular flexibility index (Phi) is 5.23. The number of carbonyl (C=O) groups is 1. The Morgan fingerprint density at radius 2 is 1.96 bits per heavy atom. The predicted octanol–water partition coefficient (Wildman–Crippen LogP) is 2.62. The Hall–Kier alpha value is -2.14. The van der Waals surface area contributed by atoms with Gasteiger partial charge in [-0.05, 0) is 42.7 Å². The number of aromatic nitrogens is 1. The van der Waals surface area contributed by atoms with Crippen LogP contribution in [0.4, 0.5) is 0 Å². The van der Waals surface area contributed by atoms with Gasteiger partial charge in [0, 0.05) is 31.1 Å². The average molecular weight is 341 g/mol. The lowest BCUT2D eigenvalue weighted by molar-refractivity contribution is 0.0900. The Balaban J connectivity index is 1.66. The molecule has 0 saturated carbocycles. The number of piperidine rings is 1. The lowest BCUT2D eigenvalue weighted by atomic mass is 9.92. The number of nitrogens with zero attached hydrogens (tertiary/aromatic N) is 1. The van der Waals surface area contributed by atoms with E-state index in [1.807, 2.05) is 25.1 Å². The third-order valence-corrected chi connectivity index (χ3v) is 4.85. The molecule has 1 saturated heterocycles. The molecule has 0 bridgehead atoms. The Morgan fingerprint density at radius 1 is 1.28 bits per heavy atom. The Labute approximate surface area is 148 Å². The molecule has 0 radical (unpaired) electrons. The molecule has 1 aliphatic heterocycles. The molecule has 1 amide bonds. The Bertz CT molecular complexity index is 804. The third kappa shape index (κ3) is 4.28. The van der Waals surface area contributed by atoms with Gasteiger partial charge in [-0.15, -0.1) is 0 Å². The van der Waals surface area contributed by atoms with E-state index in [1.54, 1.807) is 12.1 Å². The molecule has 134 valence electrons. The maximum Gasteiger partial charge on any atom is 0.268 e. The van der Waals surface area contributed by atoms with Crippen LogP contribution >= 0.6 is 0 Å². The molecule has 25 heavy (non-hydrogen) atoms. The quantitative estimate of drug-likeness (QED) is 0.898. The van der Waals surface area contributed by atoms with Gasteiger partial charge in [0.05, 0.1) is 0 Å². The van der Waals surface area contributed by atoms with Gasteiger partial charge in [-0.2, -0.15) is 0 Å². The molecule has 1 aliphatic rings. The Morgan fingerprint density at radius 3 is 2.68 bits per heavy atom. The van der Waals surface area contributed by atoms with E-state index < -0.39 is 0 Å². The molecule has 5 heteroatoms. The minimum atomic E-state index is -0.228. The van der Waals surface area contributed by atoms with Gasteiger partial charge in [0.2, 0.25) is 0 Å². The zero-order chi connectivity index (χ0) is 18.0. The minimum absolute atomic E-state index is 0.0278. The fraction of sp³-hybridized carbons (Fsp3) is 0.500. The van der Waals surface area contributed by atoms with E-state index in [0.29, 0.717) is 22.9 Å². The van der Waals surface area contributed by atoms with Gasteiger partial charge in [0.25, 0.3) is 11.5 Å². The molecule has 0 spiro atoms. The van der Waals surface area contributed by atoms with Crippen LogP contribution < -0.4 is 10.9 Å². The highest BCUT2D eigenvalue weighted by Crippen LogP contribution is 2.20. The standard InChI is InChI=1S/C20H27N3O2/c1-13-8-14(2)11-23(10-13)12-15(3)21-20(25)18-9-16-6-4-5-7-17(16)19(24)22-18/h4-7,9,13-15H,8,10-12H2,1-3H3,(H,21,25)(H,22,24)/t13-,14+,15-/m0/s1. The number of nitrogens with one attached hydrogen (secondary N) is 2. The topological polar surface area (TPSA) is 65.2 Å². The van der Waals surface area contributed by atoms with Gasteiger partial charge in [-0.25, -0.2) is 0 Å². The number of rotatable bonds is 4. The zero-order valence-electron chi connectivity index (χ0n) is 15.2. The van der Waals surface area contributed by atoms with E-state index in [-0.39, 0.29) is 17.5 Å². The number of aromatic amines is 1. The van der Waals surface area contributed by atoms with Crippen LogP contribution in [0.5, 0.6) is 0 Å². The first kappa shape index (κ1) is 17.7. The monoisotopic (exact) mass is 341 g/mol. The van der Waals surface area contributed by atoms with E-state index in [4.69, 9.17) is 0 Å². The number of hydrogen-bond acceptors (Lipinski definition) is 3. The lowest BCUT2D eigenvalue weighted by Gasteiger charge is -2.36. The van der Waals surface area contributed by atoms with Crippen molar-refractivity contribution in [1.82, 2.24) is 15.2 Å². The minimum Gasteiger partial charge on any atom is -0.347 e. The summed E-state index contributed by atoms with van der Waals surface area (Å²) in [7, 11) is 0. The van der Waals surface area contributed by atoms with Gasteiger partial charge in [-0.3, -0.25) is 9.59 Å². The van der Waals surface area contributed by atoms with Gasteiger partial charge in [0.15, 0.2) is 0 Å². The van der Waals surface area contributed by atoms with Crippen molar-refractivity contribution in [2.45, 2.75) is 33.2 Å². The zero-order valence-corrected chi connectivity index (χ0v) is 15.2. The number of amides is 1. The van der Waals surface area contributed by atoms with E-state index in [0.717, 1.165) is 25.0 Å². The lowest BCUT2D eigenvalue weighted by Crippen LogP contribution is -2.47. The van der Waals surface area contributed by atoms with Crippen molar-refractivity contribution in [3.8, 4) is 0 Å². The van der Waals surface area contributed by atoms with Crippen LogP contribution in [-0.4, -0.2) is 41.5 Å². The van der Waals surface area contributed by atoms with Crippen LogP contribution in [0, 0.1) is 11.8 Å². The van der Waals surface area contributed by atoms with Crippen LogP contribution in [0.1, 0.15) is 37.7 Å². The fourth-order valence-corrected chi connectivity index (χ4v) is 4.01. The van der Waals surface area contributed by atoms with Gasteiger partial charge in [0.1, 0.15) is 5.69 Å². The van der Waals surface area contributed by atoms with E-state index in [2.05, 4.69) is 29.0 Å². The molecule has 1 aromatic heterocycles. The van der Waals surface area contributed by atoms with Crippen molar-refractivity contribution in [2.75, 3.05) is 19.6 Å². The molecular formula is C20H27N3O2. The number of H-pyrrole nitrogens is 1. The largest absolute Gasteiger partial charge is 0.347 e. The van der Waals surface area contributed by atoms with Crippen molar-refractivity contribution in [1.29, 1.82) is 0 Å². The van der Waals surface area contributed by atoms with Gasteiger partial charge in [-0.1, -0.05) is 32.0 Å². The maximum absolute atomic E-state index is 12.5. The van der Waals surface area contributed by atoms with Crippen LogP contribution in [0.25, 0.3) is 10.8 Å². The number of benzene rings is 1. The molecule has 3 rings (SSSR count). The first-order chi connectivity index (χ1) is 11.9. The van der Waals surface area contributed by atoms with Crippen molar-refractivity contribution >= 4 is 16.7 Å². The summed E-state index contributed by atoms with van der Waals surface area (Å²) in [6.45, 7) is 9.57. The van der Waals surface area contributed by atoms with E-state index in [1.165, 1.54) is 6.42 Å². The van der Waals surface area contributed by atoms with Crippen LogP contribution in [0.2, 0.25) is 0 Å². The summed E-state index contributed by atoms with van der Waals surface area (Å²) in [5.74, 6) is 1.17. The molecule has 2 aromatic rings. The first-order valence-corrected chi connectivity index (χ1v) is 9.07. The highest BCUT2D eigenvalue weighted by atomic mass is 16.2. The molecule has 2 heterocycles. The van der Waals surface area contributed by atoms with Crippen LogP contribution in [0.3, 0.4) is 0 Å². The predicted molar refractivity (Wildman–Crippen MR) is 101 cm³/mol. The molecule has 0 aliphatic carbocycles. The number of likely N-dealkylation sites (tertiary alicyclic amines) is 1. The highest BCUT2D eigenvalue weighted by molar-refractivity contribution is 5.96. The molecule has 2 N–H and O–H groups in total. The van der Waals surface area contributed by atoms with Crippen molar-refractivity contribution in [3.63, 3.8) is 0 Å². The number of hydrogen-bond donors (Lipinski definition) is 2. The van der Waals surface area contributed by atoms with Crippen LogP contribution in [0.15, 0.2) is 35.1 Å². The summed E-state index contributed by atoms with van der Waals surface area (Å²) in [5, 5.41) is 4.39. The molecule has 0 unspecified atom stereocenters. The maximum atomic E-state index is 12.5. The van der Waals surface area contributed by atoms with E-state index >= 15 is 0 Å².